The Kier molecular flexibility index (Phi) is 3.97. The Hall–Kier alpha value is -2.73. The predicted octanol–water partition coefficient (Wildman–Crippen LogP) is 4.20. The van der Waals surface area contributed by atoms with E-state index in [4.69, 9.17) is 4.74 Å². The van der Waals surface area contributed by atoms with Crippen LogP contribution in [-0.2, 0) is 11.2 Å². The van der Waals surface area contributed by atoms with E-state index in [9.17, 15) is 9.18 Å². The van der Waals surface area contributed by atoms with Gasteiger partial charge in [0.15, 0.2) is 11.2 Å². The van der Waals surface area contributed by atoms with E-state index in [1.54, 1.807) is 12.1 Å². The molecule has 6 heteroatoms. The fraction of sp³-hybridized carbons (Fsp3) is 0.158. The summed E-state index contributed by atoms with van der Waals surface area (Å²) >= 11 is 1.39. The minimum Gasteiger partial charge on any atom is -0.480 e. The van der Waals surface area contributed by atoms with Crippen LogP contribution in [-0.4, -0.2) is 17.0 Å². The molecule has 1 atom stereocenters. The second-order valence-electron chi connectivity index (χ2n) is 5.84. The minimum atomic E-state index is -0.545. The third-order valence-electron chi connectivity index (χ3n) is 4.08. The first-order valence-corrected chi connectivity index (χ1v) is 8.70. The van der Waals surface area contributed by atoms with Crippen molar-refractivity contribution < 1.29 is 13.9 Å². The van der Waals surface area contributed by atoms with E-state index in [1.807, 2.05) is 31.2 Å². The number of ether oxygens (including phenoxy) is 1. The fourth-order valence-corrected chi connectivity index (χ4v) is 3.68. The molecule has 0 spiro atoms. The average molecular weight is 354 g/mol. The van der Waals surface area contributed by atoms with Crippen LogP contribution >= 0.6 is 11.3 Å². The molecular weight excluding hydrogens is 339 g/mol. The van der Waals surface area contributed by atoms with Gasteiger partial charge in [0.2, 0.25) is 0 Å². The highest BCUT2D eigenvalue weighted by Crippen LogP contribution is 2.32. The van der Waals surface area contributed by atoms with Gasteiger partial charge in [-0.2, -0.15) is 0 Å². The lowest BCUT2D eigenvalue weighted by molar-refractivity contribution is -0.122. The molecule has 1 aliphatic heterocycles. The number of nitrogens with zero attached hydrogens (tertiary/aromatic N) is 1. The number of para-hydroxylation sites is 1. The van der Waals surface area contributed by atoms with Gasteiger partial charge in [0.1, 0.15) is 11.6 Å². The molecule has 4 nitrogen and oxygen atoms in total. The van der Waals surface area contributed by atoms with Gasteiger partial charge in [-0.3, -0.25) is 10.1 Å². The number of carbonyl (C=O) groups excluding carboxylic acids is 1. The molecule has 2 heterocycles. The van der Waals surface area contributed by atoms with Crippen molar-refractivity contribution in [3.05, 3.63) is 64.8 Å². The molecule has 0 saturated carbocycles. The van der Waals surface area contributed by atoms with Crippen LogP contribution in [0.3, 0.4) is 0 Å². The van der Waals surface area contributed by atoms with Crippen molar-refractivity contribution in [2.45, 2.75) is 19.4 Å². The first-order chi connectivity index (χ1) is 12.1. The van der Waals surface area contributed by atoms with Crippen molar-refractivity contribution in [3.8, 4) is 17.0 Å². The van der Waals surface area contributed by atoms with E-state index >= 15 is 0 Å². The van der Waals surface area contributed by atoms with Crippen LogP contribution in [0.2, 0.25) is 0 Å². The van der Waals surface area contributed by atoms with Crippen LogP contribution in [0.25, 0.3) is 11.3 Å². The van der Waals surface area contributed by atoms with Gasteiger partial charge >= 0.3 is 0 Å². The minimum absolute atomic E-state index is 0.212. The zero-order chi connectivity index (χ0) is 17.4. The normalized spacial score (nSPS) is 15.5. The molecule has 25 heavy (non-hydrogen) atoms. The molecule has 3 aromatic rings. The summed E-state index contributed by atoms with van der Waals surface area (Å²) in [7, 11) is 0. The monoisotopic (exact) mass is 354 g/mol. The number of halogens is 1. The van der Waals surface area contributed by atoms with Gasteiger partial charge < -0.3 is 4.74 Å². The number of hydrogen-bond acceptors (Lipinski definition) is 4. The second-order valence-corrected chi connectivity index (χ2v) is 7.04. The number of carbonyl (C=O) groups is 1. The Balaban J connectivity index is 1.49. The highest BCUT2D eigenvalue weighted by molar-refractivity contribution is 7.16. The highest BCUT2D eigenvalue weighted by atomic mass is 32.1. The molecule has 0 aliphatic carbocycles. The molecule has 2 aromatic carbocycles. The van der Waals surface area contributed by atoms with Gasteiger partial charge in [-0.25, -0.2) is 9.37 Å². The van der Waals surface area contributed by atoms with E-state index in [1.165, 1.54) is 23.5 Å². The fourth-order valence-electron chi connectivity index (χ4n) is 2.84. The SMILES string of the molecule is Cc1sc(NC(=O)C2Cc3ccccc3O2)nc1-c1ccc(F)cc1. The van der Waals surface area contributed by atoms with E-state index < -0.39 is 6.10 Å². The summed E-state index contributed by atoms with van der Waals surface area (Å²) in [5.74, 6) is 0.253. The number of hydrogen-bond donors (Lipinski definition) is 1. The van der Waals surface area contributed by atoms with Crippen LogP contribution in [0.4, 0.5) is 9.52 Å². The largest absolute Gasteiger partial charge is 0.480 e. The number of aryl methyl sites for hydroxylation is 1. The maximum absolute atomic E-state index is 13.1. The molecular formula is C19H15FN2O2S. The standard InChI is InChI=1S/C19H15FN2O2S/c1-11-17(12-6-8-14(20)9-7-12)21-19(25-11)22-18(23)16-10-13-4-2-3-5-15(13)24-16/h2-9,16H,10H2,1H3,(H,21,22,23). The first kappa shape index (κ1) is 15.8. The number of rotatable bonds is 3. The summed E-state index contributed by atoms with van der Waals surface area (Å²) in [5.41, 5.74) is 2.60. The third kappa shape index (κ3) is 3.13. The zero-order valence-electron chi connectivity index (χ0n) is 13.5. The quantitative estimate of drug-likeness (QED) is 0.767. The van der Waals surface area contributed by atoms with E-state index in [-0.39, 0.29) is 11.7 Å². The maximum atomic E-state index is 13.1. The van der Waals surface area contributed by atoms with E-state index in [0.29, 0.717) is 11.6 Å². The highest BCUT2D eigenvalue weighted by Gasteiger charge is 2.29. The van der Waals surface area contributed by atoms with Gasteiger partial charge in [-0.1, -0.05) is 18.2 Å². The molecule has 1 unspecified atom stereocenters. The molecule has 1 N–H and O–H groups in total. The van der Waals surface area contributed by atoms with Gasteiger partial charge in [0.25, 0.3) is 5.91 Å². The van der Waals surface area contributed by atoms with Gasteiger partial charge in [0, 0.05) is 16.9 Å². The predicted molar refractivity (Wildman–Crippen MR) is 95.4 cm³/mol. The van der Waals surface area contributed by atoms with Crippen LogP contribution in [0.5, 0.6) is 5.75 Å². The maximum Gasteiger partial charge on any atom is 0.267 e. The number of anilines is 1. The number of amides is 1. The number of aromatic nitrogens is 1. The van der Waals surface area contributed by atoms with Crippen LogP contribution in [0.1, 0.15) is 10.4 Å². The Morgan fingerprint density at radius 3 is 2.76 bits per heavy atom. The van der Waals surface area contributed by atoms with Crippen molar-refractivity contribution in [3.63, 3.8) is 0 Å². The number of thiazole rings is 1. The molecule has 126 valence electrons. The van der Waals surface area contributed by atoms with E-state index in [0.717, 1.165) is 27.4 Å². The van der Waals surface area contributed by atoms with Crippen LogP contribution < -0.4 is 10.1 Å². The molecule has 0 radical (unpaired) electrons. The third-order valence-corrected chi connectivity index (χ3v) is 4.97. The summed E-state index contributed by atoms with van der Waals surface area (Å²) < 4.78 is 18.8. The summed E-state index contributed by atoms with van der Waals surface area (Å²) in [6.07, 6.45) is 0.00728. The summed E-state index contributed by atoms with van der Waals surface area (Å²) in [5, 5.41) is 3.35. The summed E-state index contributed by atoms with van der Waals surface area (Å²) in [4.78, 5) is 17.9. The average Bonchev–Trinajstić information content (AvgIpc) is 3.19. The Morgan fingerprint density at radius 2 is 2.00 bits per heavy atom. The summed E-state index contributed by atoms with van der Waals surface area (Å²) in [6, 6.07) is 13.8. The number of nitrogens with one attached hydrogen (secondary N) is 1. The molecule has 0 fully saturated rings. The molecule has 1 aliphatic rings. The Bertz CT molecular complexity index is 912. The zero-order valence-corrected chi connectivity index (χ0v) is 14.3. The lowest BCUT2D eigenvalue weighted by Gasteiger charge is -2.09. The van der Waals surface area contributed by atoms with Crippen molar-refractivity contribution >= 4 is 22.4 Å². The summed E-state index contributed by atoms with van der Waals surface area (Å²) in [6.45, 7) is 1.92. The Labute approximate surface area is 148 Å². The lowest BCUT2D eigenvalue weighted by Crippen LogP contribution is -2.31. The van der Waals surface area contributed by atoms with Crippen molar-refractivity contribution in [2.75, 3.05) is 5.32 Å². The topological polar surface area (TPSA) is 51.2 Å². The smallest absolute Gasteiger partial charge is 0.267 e. The first-order valence-electron chi connectivity index (χ1n) is 7.89. The lowest BCUT2D eigenvalue weighted by atomic mass is 10.1. The number of fused-ring (bicyclic) bond motifs is 1. The second kappa shape index (κ2) is 6.29. The van der Waals surface area contributed by atoms with Crippen LogP contribution in [0.15, 0.2) is 48.5 Å². The molecule has 0 saturated heterocycles. The molecule has 4 rings (SSSR count). The molecule has 1 aromatic heterocycles. The van der Waals surface area contributed by atoms with Gasteiger partial charge in [0.05, 0.1) is 5.69 Å². The van der Waals surface area contributed by atoms with Crippen LogP contribution in [0, 0.1) is 12.7 Å². The molecule has 0 bridgehead atoms. The van der Waals surface area contributed by atoms with Crippen molar-refractivity contribution in [1.29, 1.82) is 0 Å². The van der Waals surface area contributed by atoms with E-state index in [2.05, 4.69) is 10.3 Å². The van der Waals surface area contributed by atoms with Gasteiger partial charge in [-0.05, 0) is 42.8 Å². The number of benzene rings is 2. The van der Waals surface area contributed by atoms with Crippen molar-refractivity contribution in [2.24, 2.45) is 0 Å². The van der Waals surface area contributed by atoms with Gasteiger partial charge in [-0.15, -0.1) is 11.3 Å². The van der Waals surface area contributed by atoms with Crippen molar-refractivity contribution in [1.82, 2.24) is 4.98 Å². The molecule has 1 amide bonds. The Morgan fingerprint density at radius 1 is 1.24 bits per heavy atom.